The Labute approximate surface area is 209 Å². The number of ether oxygens (including phenoxy) is 3. The Bertz CT molecular complexity index is 1420. The predicted octanol–water partition coefficient (Wildman–Crippen LogP) is 4.37. The van der Waals surface area contributed by atoms with E-state index in [1.165, 1.54) is 0 Å². The van der Waals surface area contributed by atoms with Crippen molar-refractivity contribution in [1.82, 2.24) is 9.55 Å². The smallest absolute Gasteiger partial charge is 0.321 e. The number of fused-ring (bicyclic) bond motifs is 3. The molecule has 0 radical (unpaired) electrons. The highest BCUT2D eigenvalue weighted by atomic mass is 16.5. The zero-order valence-corrected chi connectivity index (χ0v) is 20.4. The first-order valence-corrected chi connectivity index (χ1v) is 11.8. The van der Waals surface area contributed by atoms with Crippen LogP contribution in [0.15, 0.2) is 72.8 Å². The summed E-state index contributed by atoms with van der Waals surface area (Å²) in [6, 6.07) is 21.9. The van der Waals surface area contributed by atoms with Crippen molar-refractivity contribution in [1.29, 1.82) is 0 Å². The molecule has 1 aliphatic heterocycles. The van der Waals surface area contributed by atoms with Crippen molar-refractivity contribution in [2.45, 2.75) is 19.5 Å². The number of amides is 1. The molecule has 1 aromatic heterocycles. The van der Waals surface area contributed by atoms with E-state index in [9.17, 15) is 9.59 Å². The van der Waals surface area contributed by atoms with Gasteiger partial charge in [0, 0.05) is 5.56 Å². The Balaban J connectivity index is 1.79. The van der Waals surface area contributed by atoms with Crippen molar-refractivity contribution in [3.63, 3.8) is 0 Å². The van der Waals surface area contributed by atoms with Crippen LogP contribution in [0.25, 0.3) is 11.0 Å². The summed E-state index contributed by atoms with van der Waals surface area (Å²) in [5.41, 5.74) is 3.06. The second kappa shape index (κ2) is 9.73. The molecule has 184 valence electrons. The van der Waals surface area contributed by atoms with Crippen LogP contribution in [0.3, 0.4) is 0 Å². The van der Waals surface area contributed by atoms with Gasteiger partial charge in [-0.05, 0) is 42.8 Å². The number of carbonyl (C=O) groups is 2. The molecule has 0 bridgehead atoms. The standard InChI is InChI=1S/C28H27N3O5/c1-4-36-27(33)24-25(20-16-19(34-2)14-15-23(20)35-3)31-22-13-9-8-12-21(22)29-28(31)30(26(24)32)17-18-10-6-5-7-11-18/h5-16,24-25H,4,17H2,1-3H3/t24-,25+/m0/s1. The Hall–Kier alpha value is -4.33. The summed E-state index contributed by atoms with van der Waals surface area (Å²) < 4.78 is 18.5. The topological polar surface area (TPSA) is 82.9 Å². The van der Waals surface area contributed by atoms with Gasteiger partial charge in [0.05, 0.1) is 44.4 Å². The molecule has 8 nitrogen and oxygen atoms in total. The van der Waals surface area contributed by atoms with Gasteiger partial charge < -0.3 is 18.8 Å². The number of nitrogens with zero attached hydrogens (tertiary/aromatic N) is 3. The number of anilines is 1. The average molecular weight is 486 g/mol. The number of benzene rings is 3. The second-order valence-corrected chi connectivity index (χ2v) is 8.46. The largest absolute Gasteiger partial charge is 0.497 e. The molecule has 2 atom stereocenters. The van der Waals surface area contributed by atoms with E-state index in [1.807, 2.05) is 59.2 Å². The van der Waals surface area contributed by atoms with E-state index in [-0.39, 0.29) is 19.1 Å². The van der Waals surface area contributed by atoms with Gasteiger partial charge in [0.15, 0.2) is 5.92 Å². The Morgan fingerprint density at radius 3 is 2.44 bits per heavy atom. The van der Waals surface area contributed by atoms with Crippen LogP contribution in [0.5, 0.6) is 11.5 Å². The number of imidazole rings is 1. The van der Waals surface area contributed by atoms with E-state index in [1.54, 1.807) is 44.2 Å². The second-order valence-electron chi connectivity index (χ2n) is 8.46. The number of esters is 1. The van der Waals surface area contributed by atoms with Crippen LogP contribution in [0.1, 0.15) is 24.1 Å². The van der Waals surface area contributed by atoms with Gasteiger partial charge in [-0.3, -0.25) is 14.5 Å². The molecule has 2 heterocycles. The first kappa shape index (κ1) is 23.4. The third-order valence-corrected chi connectivity index (χ3v) is 6.42. The minimum Gasteiger partial charge on any atom is -0.497 e. The van der Waals surface area contributed by atoms with Gasteiger partial charge in [0.25, 0.3) is 0 Å². The van der Waals surface area contributed by atoms with E-state index in [2.05, 4.69) is 0 Å². The molecular formula is C28H27N3O5. The Morgan fingerprint density at radius 1 is 0.972 bits per heavy atom. The van der Waals surface area contributed by atoms with Crippen LogP contribution in [-0.4, -0.2) is 42.3 Å². The molecule has 0 spiro atoms. The lowest BCUT2D eigenvalue weighted by molar-refractivity contribution is -0.153. The maximum absolute atomic E-state index is 14.1. The number of hydrogen-bond acceptors (Lipinski definition) is 6. The van der Waals surface area contributed by atoms with Crippen LogP contribution < -0.4 is 14.4 Å². The Kier molecular flexibility index (Phi) is 6.33. The lowest BCUT2D eigenvalue weighted by Crippen LogP contribution is -2.49. The van der Waals surface area contributed by atoms with Gasteiger partial charge in [-0.1, -0.05) is 42.5 Å². The number of aromatic nitrogens is 2. The van der Waals surface area contributed by atoms with Gasteiger partial charge in [0.2, 0.25) is 11.9 Å². The third kappa shape index (κ3) is 3.94. The first-order valence-electron chi connectivity index (χ1n) is 11.8. The van der Waals surface area contributed by atoms with Crippen molar-refractivity contribution in [2.24, 2.45) is 5.92 Å². The van der Waals surface area contributed by atoms with Crippen molar-refractivity contribution >= 4 is 28.9 Å². The molecule has 36 heavy (non-hydrogen) atoms. The van der Waals surface area contributed by atoms with Gasteiger partial charge in [-0.15, -0.1) is 0 Å². The van der Waals surface area contributed by atoms with Crippen LogP contribution in [0.2, 0.25) is 0 Å². The molecular weight excluding hydrogens is 458 g/mol. The SMILES string of the molecule is CCOC(=O)[C@@H]1C(=O)N(Cc2ccccc2)c2nc3ccccc3n2[C@@H]1c1cc(OC)ccc1OC. The number of hydrogen-bond donors (Lipinski definition) is 0. The molecule has 1 aliphatic rings. The fourth-order valence-electron chi connectivity index (χ4n) is 4.81. The summed E-state index contributed by atoms with van der Waals surface area (Å²) in [5.74, 6) is -0.559. The molecule has 8 heteroatoms. The molecule has 0 N–H and O–H groups in total. The first-order chi connectivity index (χ1) is 17.6. The lowest BCUT2D eigenvalue weighted by atomic mass is 9.88. The minimum absolute atomic E-state index is 0.154. The van der Waals surface area contributed by atoms with E-state index in [4.69, 9.17) is 19.2 Å². The summed E-state index contributed by atoms with van der Waals surface area (Å²) in [5, 5.41) is 0. The predicted molar refractivity (Wildman–Crippen MR) is 135 cm³/mol. The van der Waals surface area contributed by atoms with E-state index in [0.717, 1.165) is 16.6 Å². The zero-order chi connectivity index (χ0) is 25.2. The van der Waals surface area contributed by atoms with Crippen LogP contribution in [0, 0.1) is 5.92 Å². The van der Waals surface area contributed by atoms with Gasteiger partial charge >= 0.3 is 5.97 Å². The maximum Gasteiger partial charge on any atom is 0.321 e. The number of rotatable bonds is 7. The molecule has 0 saturated carbocycles. The highest BCUT2D eigenvalue weighted by Gasteiger charge is 2.48. The molecule has 0 unspecified atom stereocenters. The summed E-state index contributed by atoms with van der Waals surface area (Å²) in [4.78, 5) is 34.0. The van der Waals surface area contributed by atoms with E-state index >= 15 is 0 Å². The number of carbonyl (C=O) groups excluding carboxylic acids is 2. The summed E-state index contributed by atoms with van der Waals surface area (Å²) in [6.45, 7) is 2.15. The van der Waals surface area contributed by atoms with Crippen LogP contribution in [0.4, 0.5) is 5.95 Å². The highest BCUT2D eigenvalue weighted by Crippen LogP contribution is 2.45. The van der Waals surface area contributed by atoms with Crippen LogP contribution in [-0.2, 0) is 20.9 Å². The molecule has 5 rings (SSSR count). The zero-order valence-electron chi connectivity index (χ0n) is 20.4. The Morgan fingerprint density at radius 2 is 1.72 bits per heavy atom. The van der Waals surface area contributed by atoms with E-state index < -0.39 is 17.9 Å². The lowest BCUT2D eigenvalue weighted by Gasteiger charge is -2.38. The molecule has 3 aromatic carbocycles. The minimum atomic E-state index is -1.15. The maximum atomic E-state index is 14.1. The molecule has 1 amide bonds. The summed E-state index contributed by atoms with van der Waals surface area (Å²) in [7, 11) is 3.13. The van der Waals surface area contributed by atoms with Crippen molar-refractivity contribution in [3.05, 3.63) is 83.9 Å². The normalized spacial score (nSPS) is 17.1. The number of methoxy groups -OCH3 is 2. The van der Waals surface area contributed by atoms with Gasteiger partial charge in [-0.2, -0.15) is 0 Å². The summed E-state index contributed by atoms with van der Waals surface area (Å²) >= 11 is 0. The highest BCUT2D eigenvalue weighted by molar-refractivity contribution is 6.08. The van der Waals surface area contributed by atoms with Crippen molar-refractivity contribution < 1.29 is 23.8 Å². The quantitative estimate of drug-likeness (QED) is 0.286. The van der Waals surface area contributed by atoms with Crippen molar-refractivity contribution in [3.8, 4) is 11.5 Å². The molecule has 4 aromatic rings. The monoisotopic (exact) mass is 485 g/mol. The fourth-order valence-corrected chi connectivity index (χ4v) is 4.81. The molecule has 0 aliphatic carbocycles. The third-order valence-electron chi connectivity index (χ3n) is 6.42. The fraction of sp³-hybridized carbons (Fsp3) is 0.250. The van der Waals surface area contributed by atoms with Crippen LogP contribution >= 0.6 is 0 Å². The summed E-state index contributed by atoms with van der Waals surface area (Å²) in [6.07, 6.45) is 0. The van der Waals surface area contributed by atoms with Gasteiger partial charge in [0.1, 0.15) is 11.5 Å². The van der Waals surface area contributed by atoms with E-state index in [0.29, 0.717) is 23.0 Å². The average Bonchev–Trinajstić information content (AvgIpc) is 3.29. The number of para-hydroxylation sites is 2. The van der Waals surface area contributed by atoms with Gasteiger partial charge in [-0.25, -0.2) is 4.98 Å². The van der Waals surface area contributed by atoms with Crippen molar-refractivity contribution in [2.75, 3.05) is 25.7 Å². The molecule has 0 saturated heterocycles. The molecule has 0 fully saturated rings.